The summed E-state index contributed by atoms with van der Waals surface area (Å²) in [5.41, 5.74) is 7.21. The molecule has 0 aliphatic carbocycles. The van der Waals surface area contributed by atoms with E-state index >= 15 is 0 Å². The molecule has 0 amide bonds. The van der Waals surface area contributed by atoms with Crippen LogP contribution in [-0.2, 0) is 0 Å². The number of halogens is 1. The number of aryl methyl sites for hydroxylation is 1. The lowest BCUT2D eigenvalue weighted by atomic mass is 10.1. The molecule has 1 atom stereocenters. The summed E-state index contributed by atoms with van der Waals surface area (Å²) in [6.07, 6.45) is 5.99. The highest BCUT2D eigenvalue weighted by Gasteiger charge is 2.11. The number of rotatable bonds is 8. The van der Waals surface area contributed by atoms with Gasteiger partial charge in [-0.1, -0.05) is 32.6 Å². The maximum atomic E-state index is 13.5. The van der Waals surface area contributed by atoms with Gasteiger partial charge in [0.15, 0.2) is 0 Å². The minimum Gasteiger partial charge on any atom is -0.493 e. The second-order valence-corrected chi connectivity index (χ2v) is 5.19. The standard InChI is InChI=1S/C16H26FNO/c1-4-5-6-7-8-9-19-16-10-12(2)15(17)11-14(16)13(3)18/h10-11,13H,4-9,18H2,1-3H3. The van der Waals surface area contributed by atoms with Crippen molar-refractivity contribution in [3.8, 4) is 5.75 Å². The van der Waals surface area contributed by atoms with Gasteiger partial charge in [0, 0.05) is 11.6 Å². The summed E-state index contributed by atoms with van der Waals surface area (Å²) >= 11 is 0. The number of ether oxygens (including phenoxy) is 1. The molecule has 1 unspecified atom stereocenters. The fraction of sp³-hybridized carbons (Fsp3) is 0.625. The van der Waals surface area contributed by atoms with E-state index in [-0.39, 0.29) is 11.9 Å². The van der Waals surface area contributed by atoms with Crippen LogP contribution in [0, 0.1) is 12.7 Å². The fourth-order valence-electron chi connectivity index (χ4n) is 2.04. The Morgan fingerprint density at radius 2 is 1.89 bits per heavy atom. The quantitative estimate of drug-likeness (QED) is 0.704. The lowest BCUT2D eigenvalue weighted by Gasteiger charge is -2.15. The third-order valence-corrected chi connectivity index (χ3v) is 3.29. The number of nitrogens with two attached hydrogens (primary N) is 1. The maximum Gasteiger partial charge on any atom is 0.126 e. The van der Waals surface area contributed by atoms with Crippen molar-refractivity contribution in [1.29, 1.82) is 0 Å². The summed E-state index contributed by atoms with van der Waals surface area (Å²) < 4.78 is 19.3. The monoisotopic (exact) mass is 267 g/mol. The first-order valence-corrected chi connectivity index (χ1v) is 7.24. The van der Waals surface area contributed by atoms with E-state index in [1.54, 1.807) is 13.0 Å². The Balaban J connectivity index is 2.54. The zero-order chi connectivity index (χ0) is 14.3. The molecule has 1 rings (SSSR count). The molecule has 1 aromatic carbocycles. The summed E-state index contributed by atoms with van der Waals surface area (Å²) in [5, 5.41) is 0. The molecule has 108 valence electrons. The van der Waals surface area contributed by atoms with Crippen molar-refractivity contribution in [3.05, 3.63) is 29.1 Å². The highest BCUT2D eigenvalue weighted by Crippen LogP contribution is 2.27. The van der Waals surface area contributed by atoms with Crippen LogP contribution < -0.4 is 10.5 Å². The van der Waals surface area contributed by atoms with Gasteiger partial charge in [0.05, 0.1) is 6.61 Å². The smallest absolute Gasteiger partial charge is 0.126 e. The third kappa shape index (κ3) is 5.19. The van der Waals surface area contributed by atoms with Gasteiger partial charge in [-0.05, 0) is 38.0 Å². The van der Waals surface area contributed by atoms with Crippen molar-refractivity contribution < 1.29 is 9.13 Å². The predicted molar refractivity (Wildman–Crippen MR) is 78.0 cm³/mol. The molecule has 2 nitrogen and oxygen atoms in total. The molecule has 0 fully saturated rings. The lowest BCUT2D eigenvalue weighted by molar-refractivity contribution is 0.299. The van der Waals surface area contributed by atoms with Crippen LogP contribution in [0.15, 0.2) is 12.1 Å². The van der Waals surface area contributed by atoms with Crippen molar-refractivity contribution in [1.82, 2.24) is 0 Å². The van der Waals surface area contributed by atoms with Gasteiger partial charge in [0.25, 0.3) is 0 Å². The number of benzene rings is 1. The van der Waals surface area contributed by atoms with Gasteiger partial charge in [-0.3, -0.25) is 0 Å². The largest absolute Gasteiger partial charge is 0.493 e. The second-order valence-electron chi connectivity index (χ2n) is 5.19. The van der Waals surface area contributed by atoms with Gasteiger partial charge in [-0.25, -0.2) is 4.39 Å². The number of hydrogen-bond acceptors (Lipinski definition) is 2. The molecular formula is C16H26FNO. The summed E-state index contributed by atoms with van der Waals surface area (Å²) in [7, 11) is 0. The fourth-order valence-corrected chi connectivity index (χ4v) is 2.04. The van der Waals surface area contributed by atoms with Crippen LogP contribution in [0.3, 0.4) is 0 Å². The third-order valence-electron chi connectivity index (χ3n) is 3.29. The van der Waals surface area contributed by atoms with Crippen LogP contribution >= 0.6 is 0 Å². The summed E-state index contributed by atoms with van der Waals surface area (Å²) in [4.78, 5) is 0. The Labute approximate surface area is 116 Å². The van der Waals surface area contributed by atoms with Crippen LogP contribution in [-0.4, -0.2) is 6.61 Å². The van der Waals surface area contributed by atoms with Gasteiger partial charge in [0.2, 0.25) is 0 Å². The van der Waals surface area contributed by atoms with Crippen molar-refractivity contribution in [2.45, 2.75) is 58.9 Å². The minimum atomic E-state index is -0.220. The van der Waals surface area contributed by atoms with E-state index in [1.807, 2.05) is 6.92 Å². The summed E-state index contributed by atoms with van der Waals surface area (Å²) in [5.74, 6) is 0.506. The topological polar surface area (TPSA) is 35.2 Å². The number of hydrogen-bond donors (Lipinski definition) is 1. The highest BCUT2D eigenvalue weighted by atomic mass is 19.1. The SMILES string of the molecule is CCCCCCCOc1cc(C)c(F)cc1C(C)N. The molecule has 0 radical (unpaired) electrons. The lowest BCUT2D eigenvalue weighted by Crippen LogP contribution is -2.10. The normalized spacial score (nSPS) is 12.5. The molecule has 3 heteroatoms. The first-order valence-electron chi connectivity index (χ1n) is 7.24. The molecule has 0 aromatic heterocycles. The number of unbranched alkanes of at least 4 members (excludes halogenated alkanes) is 4. The molecule has 19 heavy (non-hydrogen) atoms. The molecule has 0 spiro atoms. The zero-order valence-corrected chi connectivity index (χ0v) is 12.3. The molecular weight excluding hydrogens is 241 g/mol. The van der Waals surface area contributed by atoms with Gasteiger partial charge in [-0.15, -0.1) is 0 Å². The van der Waals surface area contributed by atoms with E-state index in [2.05, 4.69) is 6.92 Å². The Kier molecular flexibility index (Phi) is 6.85. The molecule has 0 aliphatic heterocycles. The molecule has 1 aromatic rings. The molecule has 0 aliphatic rings. The Morgan fingerprint density at radius 1 is 1.21 bits per heavy atom. The predicted octanol–water partition coefficient (Wildman–Crippen LogP) is 4.50. The Morgan fingerprint density at radius 3 is 2.53 bits per heavy atom. The molecule has 2 N–H and O–H groups in total. The molecule has 0 heterocycles. The summed E-state index contributed by atoms with van der Waals surface area (Å²) in [6, 6.07) is 3.03. The average molecular weight is 267 g/mol. The van der Waals surface area contributed by atoms with Crippen LogP contribution in [0.1, 0.15) is 63.1 Å². The van der Waals surface area contributed by atoms with E-state index < -0.39 is 0 Å². The van der Waals surface area contributed by atoms with Crippen LogP contribution in [0.4, 0.5) is 4.39 Å². The van der Waals surface area contributed by atoms with Crippen molar-refractivity contribution >= 4 is 0 Å². The minimum absolute atomic E-state index is 0.217. The Bertz CT molecular complexity index is 391. The summed E-state index contributed by atoms with van der Waals surface area (Å²) in [6.45, 7) is 6.47. The van der Waals surface area contributed by atoms with Crippen LogP contribution in [0.25, 0.3) is 0 Å². The van der Waals surface area contributed by atoms with Crippen molar-refractivity contribution in [2.75, 3.05) is 6.61 Å². The van der Waals surface area contributed by atoms with Crippen molar-refractivity contribution in [3.63, 3.8) is 0 Å². The van der Waals surface area contributed by atoms with E-state index in [4.69, 9.17) is 10.5 Å². The first-order chi connectivity index (χ1) is 9.06. The van der Waals surface area contributed by atoms with Gasteiger partial charge < -0.3 is 10.5 Å². The Hall–Kier alpha value is -1.09. The van der Waals surface area contributed by atoms with Crippen LogP contribution in [0.5, 0.6) is 5.75 Å². The van der Waals surface area contributed by atoms with E-state index in [1.165, 1.54) is 31.7 Å². The van der Waals surface area contributed by atoms with Gasteiger partial charge in [-0.2, -0.15) is 0 Å². The molecule has 0 saturated carbocycles. The highest BCUT2D eigenvalue weighted by molar-refractivity contribution is 5.39. The van der Waals surface area contributed by atoms with Gasteiger partial charge in [0.1, 0.15) is 11.6 Å². The zero-order valence-electron chi connectivity index (χ0n) is 12.3. The second kappa shape index (κ2) is 8.16. The average Bonchev–Trinajstić information content (AvgIpc) is 2.37. The molecule has 0 saturated heterocycles. The van der Waals surface area contributed by atoms with E-state index in [0.717, 1.165) is 17.7 Å². The van der Waals surface area contributed by atoms with E-state index in [9.17, 15) is 4.39 Å². The first kappa shape index (κ1) is 16.0. The maximum absolute atomic E-state index is 13.5. The van der Waals surface area contributed by atoms with Crippen molar-refractivity contribution in [2.24, 2.45) is 5.73 Å². The van der Waals surface area contributed by atoms with E-state index in [0.29, 0.717) is 12.2 Å². The molecule has 0 bridgehead atoms. The van der Waals surface area contributed by atoms with Crippen LogP contribution in [0.2, 0.25) is 0 Å². The van der Waals surface area contributed by atoms with Gasteiger partial charge >= 0.3 is 0 Å².